The number of β-lactam (4-membered cyclic amide) rings is 1. The Hall–Kier alpha value is -3.25. The van der Waals surface area contributed by atoms with Crippen molar-refractivity contribution >= 4 is 29.3 Å². The molecule has 1 heterocycles. The third-order valence-corrected chi connectivity index (χ3v) is 8.12. The van der Waals surface area contributed by atoms with Gasteiger partial charge in [0.15, 0.2) is 0 Å². The molecule has 182 valence electrons. The quantitative estimate of drug-likeness (QED) is 0.198. The maximum absolute atomic E-state index is 14.3. The van der Waals surface area contributed by atoms with Crippen molar-refractivity contribution in [2.24, 2.45) is 0 Å². The van der Waals surface area contributed by atoms with Gasteiger partial charge in [-0.3, -0.25) is 9.59 Å². The van der Waals surface area contributed by atoms with Gasteiger partial charge in [0.2, 0.25) is 5.91 Å². The molecule has 0 aromatic heterocycles. The third-order valence-electron chi connectivity index (χ3n) is 6.52. The van der Waals surface area contributed by atoms with Gasteiger partial charge >= 0.3 is 5.97 Å². The van der Waals surface area contributed by atoms with Gasteiger partial charge in [0.25, 0.3) is 0 Å². The van der Waals surface area contributed by atoms with Gasteiger partial charge in [-0.25, -0.2) is 0 Å². The Kier molecular flexibility index (Phi) is 7.81. The van der Waals surface area contributed by atoms with E-state index >= 15 is 0 Å². The van der Waals surface area contributed by atoms with Crippen LogP contribution in [-0.4, -0.2) is 36.6 Å². The summed E-state index contributed by atoms with van der Waals surface area (Å²) in [5, 5.41) is 0. The van der Waals surface area contributed by atoms with Gasteiger partial charge in [-0.2, -0.15) is 0 Å². The van der Waals surface area contributed by atoms with E-state index in [-0.39, 0.29) is 11.9 Å². The van der Waals surface area contributed by atoms with Gasteiger partial charge in [-0.05, 0) is 47.6 Å². The fourth-order valence-electron chi connectivity index (χ4n) is 4.80. The number of unbranched alkanes of at least 4 members (excludes halogenated alkanes) is 1. The number of methoxy groups -OCH3 is 2. The second-order valence-corrected chi connectivity index (χ2v) is 9.92. The predicted molar refractivity (Wildman–Crippen MR) is 141 cm³/mol. The summed E-state index contributed by atoms with van der Waals surface area (Å²) >= 11 is 1.58. The van der Waals surface area contributed by atoms with Crippen LogP contribution in [0, 0.1) is 0 Å². The average molecular weight is 490 g/mol. The van der Waals surface area contributed by atoms with Gasteiger partial charge < -0.3 is 14.4 Å². The molecule has 0 aliphatic carbocycles. The molecule has 3 aromatic carbocycles. The summed E-state index contributed by atoms with van der Waals surface area (Å²) < 4.78 is 9.60. The Morgan fingerprint density at radius 2 is 1.60 bits per heavy atom. The highest BCUT2D eigenvalue weighted by molar-refractivity contribution is 8.01. The smallest absolute Gasteiger partial charge is 0.315 e. The monoisotopic (exact) mass is 489 g/mol. The number of hydrogen-bond acceptors (Lipinski definition) is 5. The van der Waals surface area contributed by atoms with E-state index in [1.165, 1.54) is 7.11 Å². The minimum Gasteiger partial charge on any atom is -0.497 e. The normalized spacial score (nSPS) is 20.1. The summed E-state index contributed by atoms with van der Waals surface area (Å²) in [6.07, 6.45) is 1.95. The molecule has 0 bridgehead atoms. The molecule has 1 aliphatic heterocycles. The van der Waals surface area contributed by atoms with Crippen molar-refractivity contribution in [1.82, 2.24) is 0 Å². The molecule has 0 radical (unpaired) electrons. The number of amides is 1. The van der Waals surface area contributed by atoms with Gasteiger partial charge in [0, 0.05) is 5.69 Å². The lowest BCUT2D eigenvalue weighted by atomic mass is 9.70. The van der Waals surface area contributed by atoms with Crippen LogP contribution >= 0.6 is 11.8 Å². The lowest BCUT2D eigenvalue weighted by Gasteiger charge is -2.58. The fourth-order valence-corrected chi connectivity index (χ4v) is 6.59. The zero-order valence-electron chi connectivity index (χ0n) is 20.3. The molecule has 1 saturated heterocycles. The second-order valence-electron chi connectivity index (χ2n) is 8.55. The molecule has 0 saturated carbocycles. The minimum atomic E-state index is -1.04. The van der Waals surface area contributed by atoms with Crippen LogP contribution in [0.15, 0.2) is 84.9 Å². The van der Waals surface area contributed by atoms with Crippen LogP contribution in [0.2, 0.25) is 0 Å². The summed E-state index contributed by atoms with van der Waals surface area (Å²) in [5.74, 6) is 0.254. The summed E-state index contributed by atoms with van der Waals surface area (Å²) in [7, 11) is 3.01. The van der Waals surface area contributed by atoms with Crippen molar-refractivity contribution in [3.63, 3.8) is 0 Å². The van der Waals surface area contributed by atoms with Gasteiger partial charge in [0.05, 0.1) is 20.3 Å². The number of anilines is 1. The van der Waals surface area contributed by atoms with Crippen molar-refractivity contribution < 1.29 is 19.1 Å². The van der Waals surface area contributed by atoms with Crippen LogP contribution in [0.4, 0.5) is 5.69 Å². The third kappa shape index (κ3) is 4.55. The molecular weight excluding hydrogens is 458 g/mol. The van der Waals surface area contributed by atoms with E-state index in [1.807, 2.05) is 89.8 Å². The molecule has 1 fully saturated rings. The van der Waals surface area contributed by atoms with Crippen molar-refractivity contribution in [2.75, 3.05) is 24.9 Å². The second kappa shape index (κ2) is 11.0. The Balaban J connectivity index is 1.90. The summed E-state index contributed by atoms with van der Waals surface area (Å²) in [6.45, 7) is 2.13. The van der Waals surface area contributed by atoms with Crippen molar-refractivity contribution in [3.05, 3.63) is 96.1 Å². The van der Waals surface area contributed by atoms with Gasteiger partial charge in [-0.1, -0.05) is 74.0 Å². The number of esters is 1. The molecule has 6 heteroatoms. The fraction of sp³-hybridized carbons (Fsp3) is 0.310. The van der Waals surface area contributed by atoms with Crippen molar-refractivity contribution in [2.45, 2.75) is 36.5 Å². The van der Waals surface area contributed by atoms with Crippen LogP contribution < -0.4 is 9.64 Å². The largest absolute Gasteiger partial charge is 0.497 e. The molecular formula is C29H31NO4S. The van der Waals surface area contributed by atoms with Gasteiger partial charge in [-0.15, -0.1) is 11.8 Å². The molecule has 1 amide bonds. The van der Waals surface area contributed by atoms with E-state index in [2.05, 4.69) is 6.92 Å². The number of ether oxygens (including phenoxy) is 2. The Morgan fingerprint density at radius 3 is 2.17 bits per heavy atom. The molecule has 1 aliphatic rings. The first kappa shape index (κ1) is 24.9. The van der Waals surface area contributed by atoms with Crippen LogP contribution in [0.5, 0.6) is 5.75 Å². The molecule has 35 heavy (non-hydrogen) atoms. The molecule has 0 N–H and O–H groups in total. The highest BCUT2D eigenvalue weighted by Gasteiger charge is 2.68. The first-order valence-electron chi connectivity index (χ1n) is 11.9. The van der Waals surface area contributed by atoms with Gasteiger partial charge in [0.1, 0.15) is 16.4 Å². The number of hydrogen-bond donors (Lipinski definition) is 0. The number of carbonyl (C=O) groups is 2. The first-order valence-corrected chi connectivity index (χ1v) is 12.9. The van der Waals surface area contributed by atoms with E-state index < -0.39 is 16.6 Å². The minimum absolute atomic E-state index is 0.0862. The highest BCUT2D eigenvalue weighted by Crippen LogP contribution is 2.60. The molecule has 3 unspecified atom stereocenters. The van der Waals surface area contributed by atoms with Crippen LogP contribution in [0.3, 0.4) is 0 Å². The topological polar surface area (TPSA) is 55.8 Å². The van der Waals surface area contributed by atoms with E-state index in [1.54, 1.807) is 18.9 Å². The lowest BCUT2D eigenvalue weighted by molar-refractivity contribution is -0.147. The maximum Gasteiger partial charge on any atom is 0.315 e. The molecule has 4 rings (SSSR count). The van der Waals surface area contributed by atoms with Crippen LogP contribution in [-0.2, 0) is 14.3 Å². The zero-order chi connectivity index (χ0) is 24.8. The van der Waals surface area contributed by atoms with E-state index in [4.69, 9.17) is 9.47 Å². The SMILES string of the molecule is CCCCSC1(C(C(=O)OC)c2ccccc2)C(=O)N(c2ccc(OC)cc2)C1c1ccccc1. The lowest BCUT2D eigenvalue weighted by Crippen LogP contribution is -2.70. The number of nitrogens with zero attached hydrogens (tertiary/aromatic N) is 1. The molecule has 0 spiro atoms. The molecule has 3 atom stereocenters. The van der Waals surface area contributed by atoms with Crippen molar-refractivity contribution in [1.29, 1.82) is 0 Å². The van der Waals surface area contributed by atoms with Crippen LogP contribution in [0.25, 0.3) is 0 Å². The Labute approximate surface area is 211 Å². The molecule has 3 aromatic rings. The summed E-state index contributed by atoms with van der Waals surface area (Å²) in [4.78, 5) is 29.5. The van der Waals surface area contributed by atoms with Crippen LogP contribution in [0.1, 0.15) is 42.9 Å². The summed E-state index contributed by atoms with van der Waals surface area (Å²) in [5.41, 5.74) is 2.54. The highest BCUT2D eigenvalue weighted by atomic mass is 32.2. The van der Waals surface area contributed by atoms with E-state index in [0.717, 1.165) is 41.2 Å². The van der Waals surface area contributed by atoms with Crippen molar-refractivity contribution in [3.8, 4) is 5.75 Å². The number of benzene rings is 3. The number of carbonyl (C=O) groups excluding carboxylic acids is 2. The van der Waals surface area contributed by atoms with E-state index in [9.17, 15) is 9.59 Å². The number of thioether (sulfide) groups is 1. The summed E-state index contributed by atoms with van der Waals surface area (Å²) in [6, 6.07) is 26.6. The zero-order valence-corrected chi connectivity index (χ0v) is 21.2. The number of rotatable bonds is 10. The maximum atomic E-state index is 14.3. The first-order chi connectivity index (χ1) is 17.1. The molecule has 5 nitrogen and oxygen atoms in total. The predicted octanol–water partition coefficient (Wildman–Crippen LogP) is 6.01. The standard InChI is InChI=1S/C29H31NO4S/c1-4-5-20-35-29(25(27(31)34-3)21-12-8-6-9-13-21)26(22-14-10-7-11-15-22)30(28(29)32)23-16-18-24(33-2)19-17-23/h6-19,25-26H,4-5,20H2,1-3H3. The Bertz CT molecular complexity index is 1140. The Morgan fingerprint density at radius 1 is 0.971 bits per heavy atom. The average Bonchev–Trinajstić information content (AvgIpc) is 2.91. The van der Waals surface area contributed by atoms with E-state index in [0.29, 0.717) is 0 Å².